The van der Waals surface area contributed by atoms with E-state index in [0.29, 0.717) is 23.3 Å². The number of nitrogens with two attached hydrogens (primary N) is 2. The molecule has 0 aliphatic carbocycles. The lowest BCUT2D eigenvalue weighted by molar-refractivity contribution is -0.655. The van der Waals surface area contributed by atoms with Crippen molar-refractivity contribution in [3.05, 3.63) is 18.4 Å². The maximum atomic E-state index is 5.97. The Labute approximate surface area is 119 Å². The molecule has 0 amide bonds. The van der Waals surface area contributed by atoms with Crippen LogP contribution in [0.3, 0.4) is 0 Å². The first-order valence-corrected chi connectivity index (χ1v) is 6.82. The molecule has 1 aliphatic rings. The molecule has 4 heterocycles. The summed E-state index contributed by atoms with van der Waals surface area (Å²) in [6.07, 6.45) is 1.58. The first-order valence-electron chi connectivity index (χ1n) is 6.82. The molecular formula is C12H15N8O+. The zero-order chi connectivity index (χ0) is 14.2. The van der Waals surface area contributed by atoms with E-state index >= 15 is 0 Å². The summed E-state index contributed by atoms with van der Waals surface area (Å²) in [5, 5.41) is 6.55. The number of furan rings is 1. The van der Waals surface area contributed by atoms with Crippen LogP contribution < -0.4 is 16.0 Å². The van der Waals surface area contributed by atoms with Crippen LogP contribution in [0.25, 0.3) is 17.4 Å². The van der Waals surface area contributed by atoms with E-state index < -0.39 is 0 Å². The van der Waals surface area contributed by atoms with Crippen molar-refractivity contribution in [2.24, 2.45) is 0 Å². The normalized spacial score (nSPS) is 15.7. The number of hydrogen-bond donors (Lipinski definition) is 2. The summed E-state index contributed by atoms with van der Waals surface area (Å²) in [6.45, 7) is 3.85. The van der Waals surface area contributed by atoms with Crippen molar-refractivity contribution in [1.29, 1.82) is 0 Å². The lowest BCUT2D eigenvalue weighted by atomic mass is 10.4. The molecule has 1 fully saturated rings. The van der Waals surface area contributed by atoms with E-state index in [-0.39, 0.29) is 5.95 Å². The van der Waals surface area contributed by atoms with Crippen LogP contribution in [0.2, 0.25) is 0 Å². The van der Waals surface area contributed by atoms with E-state index in [1.807, 2.05) is 0 Å². The van der Waals surface area contributed by atoms with Gasteiger partial charge >= 0.3 is 0 Å². The van der Waals surface area contributed by atoms with Crippen LogP contribution in [-0.4, -0.2) is 50.7 Å². The molecule has 0 aromatic carbocycles. The Kier molecular flexibility index (Phi) is 2.71. The van der Waals surface area contributed by atoms with Gasteiger partial charge in [0.25, 0.3) is 5.78 Å². The number of fused-ring (bicyclic) bond motifs is 1. The first kappa shape index (κ1) is 12.1. The van der Waals surface area contributed by atoms with Gasteiger partial charge in [-0.3, -0.25) is 0 Å². The molecule has 108 valence electrons. The summed E-state index contributed by atoms with van der Waals surface area (Å²) >= 11 is 0. The maximum absolute atomic E-state index is 5.97. The molecule has 4 N–H and O–H groups in total. The largest absolute Gasteiger partial charge is 0.461 e. The molecule has 0 radical (unpaired) electrons. The minimum atomic E-state index is 0.273. The van der Waals surface area contributed by atoms with Crippen LogP contribution >= 0.6 is 0 Å². The van der Waals surface area contributed by atoms with Crippen molar-refractivity contribution in [2.75, 3.05) is 36.8 Å². The number of rotatable bonds is 2. The van der Waals surface area contributed by atoms with Crippen LogP contribution in [-0.2, 0) is 0 Å². The Morgan fingerprint density at radius 2 is 2.05 bits per heavy atom. The topological polar surface area (TPSA) is 115 Å². The number of piperazine rings is 1. The highest BCUT2D eigenvalue weighted by Crippen LogP contribution is 2.18. The first-order chi connectivity index (χ1) is 10.3. The van der Waals surface area contributed by atoms with Crippen molar-refractivity contribution in [1.82, 2.24) is 24.6 Å². The third kappa shape index (κ3) is 2.07. The second-order valence-corrected chi connectivity index (χ2v) is 4.86. The molecular weight excluding hydrogens is 272 g/mol. The third-order valence-electron chi connectivity index (χ3n) is 3.45. The van der Waals surface area contributed by atoms with Crippen molar-refractivity contribution in [3.63, 3.8) is 0 Å². The Morgan fingerprint density at radius 1 is 1.19 bits per heavy atom. The summed E-state index contributed by atoms with van der Waals surface area (Å²) in [4.78, 5) is 15.3. The molecule has 1 saturated heterocycles. The zero-order valence-corrected chi connectivity index (χ0v) is 11.3. The standard InChI is InChI=1S/C12H14N8O/c13-10-16-11(19-5-3-14-4-6-19)17-12-15-9(18-20(10)12)8-2-1-7-21-8/h1-2,7,14H,3-6H2,(H2,13,15,16,17,18)/p+1. The lowest BCUT2D eigenvalue weighted by Gasteiger charge is -2.24. The van der Waals surface area contributed by atoms with Gasteiger partial charge in [0.2, 0.25) is 17.7 Å². The fourth-order valence-corrected chi connectivity index (χ4v) is 2.40. The Balaban J connectivity index is 1.78. The third-order valence-corrected chi connectivity index (χ3v) is 3.45. The Bertz CT molecular complexity index is 759. The van der Waals surface area contributed by atoms with E-state index in [2.05, 4.69) is 30.3 Å². The summed E-state index contributed by atoms with van der Waals surface area (Å²) < 4.78 is 6.72. The van der Waals surface area contributed by atoms with Gasteiger partial charge in [-0.15, -0.1) is 5.10 Å². The Morgan fingerprint density at radius 3 is 2.81 bits per heavy atom. The second kappa shape index (κ2) is 4.70. The average Bonchev–Trinajstić information content (AvgIpc) is 3.17. The van der Waals surface area contributed by atoms with Crippen molar-refractivity contribution in [3.8, 4) is 11.6 Å². The molecule has 0 atom stereocenters. The zero-order valence-electron chi connectivity index (χ0n) is 11.3. The van der Waals surface area contributed by atoms with E-state index in [9.17, 15) is 0 Å². The quantitative estimate of drug-likeness (QED) is 0.604. The summed E-state index contributed by atoms with van der Waals surface area (Å²) in [6, 6.07) is 3.57. The average molecular weight is 287 g/mol. The predicted octanol–water partition coefficient (Wildman–Crippen LogP) is -1.26. The van der Waals surface area contributed by atoms with Crippen LogP contribution in [0.4, 0.5) is 11.9 Å². The molecule has 3 aromatic heterocycles. The molecule has 0 bridgehead atoms. The highest BCUT2D eigenvalue weighted by atomic mass is 16.3. The van der Waals surface area contributed by atoms with Gasteiger partial charge < -0.3 is 20.4 Å². The van der Waals surface area contributed by atoms with Gasteiger partial charge in [0.1, 0.15) is 0 Å². The highest BCUT2D eigenvalue weighted by molar-refractivity contribution is 5.53. The highest BCUT2D eigenvalue weighted by Gasteiger charge is 2.19. The molecule has 4 rings (SSSR count). The van der Waals surface area contributed by atoms with E-state index in [4.69, 9.17) is 10.2 Å². The summed E-state index contributed by atoms with van der Waals surface area (Å²) in [7, 11) is 0. The van der Waals surface area contributed by atoms with Gasteiger partial charge in [-0.25, -0.2) is 0 Å². The lowest BCUT2D eigenvalue weighted by Crippen LogP contribution is -2.89. The smallest absolute Gasteiger partial charge is 0.259 e. The predicted molar refractivity (Wildman–Crippen MR) is 74.6 cm³/mol. The van der Waals surface area contributed by atoms with Crippen molar-refractivity contribution < 1.29 is 9.73 Å². The molecule has 3 aromatic rings. The Hall–Kier alpha value is -2.68. The SMILES string of the molecule is Nc1nc(N2CC[NH2+]CC2)nc2nc(-c3ccco3)nn12. The van der Waals surface area contributed by atoms with E-state index in [1.54, 1.807) is 18.4 Å². The van der Waals surface area contributed by atoms with Crippen LogP contribution in [0, 0.1) is 0 Å². The van der Waals surface area contributed by atoms with Crippen LogP contribution in [0.1, 0.15) is 0 Å². The monoisotopic (exact) mass is 287 g/mol. The molecule has 0 unspecified atom stereocenters. The van der Waals surface area contributed by atoms with Gasteiger partial charge in [0.05, 0.1) is 32.4 Å². The van der Waals surface area contributed by atoms with E-state index in [1.165, 1.54) is 4.52 Å². The molecule has 1 aliphatic heterocycles. The summed E-state index contributed by atoms with van der Waals surface area (Å²) in [5.41, 5.74) is 5.97. The van der Waals surface area contributed by atoms with E-state index in [0.717, 1.165) is 26.2 Å². The van der Waals surface area contributed by atoms with Gasteiger partial charge in [-0.2, -0.15) is 19.5 Å². The molecule has 9 heteroatoms. The number of nitrogens with zero attached hydrogens (tertiary/aromatic N) is 6. The van der Waals surface area contributed by atoms with Crippen molar-refractivity contribution in [2.45, 2.75) is 0 Å². The van der Waals surface area contributed by atoms with Crippen LogP contribution in [0.5, 0.6) is 0 Å². The number of quaternary nitrogens is 1. The number of hydrogen-bond acceptors (Lipinski definition) is 7. The molecule has 0 saturated carbocycles. The molecule has 0 spiro atoms. The second-order valence-electron chi connectivity index (χ2n) is 4.86. The van der Waals surface area contributed by atoms with Gasteiger partial charge in [-0.1, -0.05) is 0 Å². The minimum Gasteiger partial charge on any atom is -0.461 e. The number of aromatic nitrogens is 5. The molecule has 21 heavy (non-hydrogen) atoms. The number of nitrogen functional groups attached to an aromatic ring is 1. The van der Waals surface area contributed by atoms with Crippen LogP contribution in [0.15, 0.2) is 22.8 Å². The van der Waals surface area contributed by atoms with Gasteiger partial charge in [0.15, 0.2) is 5.76 Å². The molecule has 9 nitrogen and oxygen atoms in total. The van der Waals surface area contributed by atoms with Gasteiger partial charge in [0, 0.05) is 0 Å². The van der Waals surface area contributed by atoms with Crippen molar-refractivity contribution >= 4 is 17.7 Å². The van der Waals surface area contributed by atoms with Gasteiger partial charge in [-0.05, 0) is 12.1 Å². The fraction of sp³-hybridized carbons (Fsp3) is 0.333. The fourth-order valence-electron chi connectivity index (χ4n) is 2.40. The minimum absolute atomic E-state index is 0.273. The summed E-state index contributed by atoms with van der Waals surface area (Å²) in [5.74, 6) is 2.33. The number of anilines is 2. The maximum Gasteiger partial charge on any atom is 0.259 e.